The lowest BCUT2D eigenvalue weighted by atomic mass is 10.1. The number of oxime groups is 1. The summed E-state index contributed by atoms with van der Waals surface area (Å²) in [4.78, 5) is 0. The molecule has 1 N–H and O–H groups in total. The molecule has 2 heteroatoms. The van der Waals surface area contributed by atoms with Crippen molar-refractivity contribution in [3.05, 3.63) is 0 Å². The van der Waals surface area contributed by atoms with Crippen LogP contribution in [0.2, 0.25) is 0 Å². The van der Waals surface area contributed by atoms with E-state index in [9.17, 15) is 0 Å². The van der Waals surface area contributed by atoms with E-state index in [1.165, 1.54) is 6.42 Å². The van der Waals surface area contributed by atoms with Crippen molar-refractivity contribution in [2.24, 2.45) is 5.16 Å². The standard InChI is InChI=1S/C7H15NO/c1-3-5-6-7(4-2)8-9/h9H,3-6H2,1-2H3/b8-7-. The number of unbranched alkanes of at least 4 members (excludes halogenated alkanes) is 1. The van der Waals surface area contributed by atoms with Crippen LogP contribution >= 0.6 is 0 Å². The van der Waals surface area contributed by atoms with Crippen molar-refractivity contribution >= 4 is 5.71 Å². The zero-order valence-electron chi connectivity index (χ0n) is 6.22. The molecule has 0 fully saturated rings. The minimum Gasteiger partial charge on any atom is -0.411 e. The van der Waals surface area contributed by atoms with E-state index in [0.29, 0.717) is 0 Å². The first-order valence-electron chi connectivity index (χ1n) is 3.54. The van der Waals surface area contributed by atoms with Gasteiger partial charge in [0.25, 0.3) is 0 Å². The van der Waals surface area contributed by atoms with Gasteiger partial charge in [-0.05, 0) is 19.3 Å². The van der Waals surface area contributed by atoms with Crippen molar-refractivity contribution in [1.29, 1.82) is 0 Å². The van der Waals surface area contributed by atoms with E-state index < -0.39 is 0 Å². The lowest BCUT2D eigenvalue weighted by Gasteiger charge is -1.96. The first kappa shape index (κ1) is 8.47. The monoisotopic (exact) mass is 129 g/mol. The van der Waals surface area contributed by atoms with Gasteiger partial charge in [0, 0.05) is 0 Å². The first-order valence-corrected chi connectivity index (χ1v) is 3.54. The molecule has 0 aromatic rings. The Hall–Kier alpha value is -0.530. The zero-order chi connectivity index (χ0) is 7.11. The second kappa shape index (κ2) is 5.60. The fourth-order valence-corrected chi connectivity index (χ4v) is 0.678. The fraction of sp³-hybridized carbons (Fsp3) is 0.857. The Morgan fingerprint density at radius 2 is 2.11 bits per heavy atom. The van der Waals surface area contributed by atoms with E-state index in [4.69, 9.17) is 5.21 Å². The summed E-state index contributed by atoms with van der Waals surface area (Å²) in [6.07, 6.45) is 4.12. The van der Waals surface area contributed by atoms with Crippen LogP contribution in [0.3, 0.4) is 0 Å². The highest BCUT2D eigenvalue weighted by molar-refractivity contribution is 5.83. The third-order valence-corrected chi connectivity index (χ3v) is 1.37. The first-order chi connectivity index (χ1) is 4.35. The summed E-state index contributed by atoms with van der Waals surface area (Å²) in [5.41, 5.74) is 0.914. The number of nitrogens with zero attached hydrogens (tertiary/aromatic N) is 1. The number of hydrogen-bond donors (Lipinski definition) is 1. The van der Waals surface area contributed by atoms with Gasteiger partial charge in [0.05, 0.1) is 5.71 Å². The second-order valence-electron chi connectivity index (χ2n) is 2.12. The van der Waals surface area contributed by atoms with Gasteiger partial charge >= 0.3 is 0 Å². The van der Waals surface area contributed by atoms with Gasteiger partial charge in [0.1, 0.15) is 0 Å². The Kier molecular flexibility index (Phi) is 5.27. The lowest BCUT2D eigenvalue weighted by Crippen LogP contribution is -1.94. The Morgan fingerprint density at radius 1 is 1.44 bits per heavy atom. The van der Waals surface area contributed by atoms with Crippen molar-refractivity contribution in [1.82, 2.24) is 0 Å². The van der Waals surface area contributed by atoms with Crippen LogP contribution < -0.4 is 0 Å². The Labute approximate surface area is 56.6 Å². The lowest BCUT2D eigenvalue weighted by molar-refractivity contribution is 0.316. The SMILES string of the molecule is CCCC/C(CC)=N\O. The third-order valence-electron chi connectivity index (χ3n) is 1.37. The maximum Gasteiger partial charge on any atom is 0.0568 e. The molecule has 0 heterocycles. The topological polar surface area (TPSA) is 32.6 Å². The molecule has 0 rings (SSSR count). The highest BCUT2D eigenvalue weighted by Gasteiger charge is 1.93. The summed E-state index contributed by atoms with van der Waals surface area (Å²) in [5.74, 6) is 0. The van der Waals surface area contributed by atoms with E-state index >= 15 is 0 Å². The van der Waals surface area contributed by atoms with Crippen LogP contribution in [0, 0.1) is 0 Å². The minimum atomic E-state index is 0.872. The van der Waals surface area contributed by atoms with E-state index in [-0.39, 0.29) is 0 Å². The van der Waals surface area contributed by atoms with Gasteiger partial charge in [-0.1, -0.05) is 25.4 Å². The van der Waals surface area contributed by atoms with Crippen molar-refractivity contribution < 1.29 is 5.21 Å². The summed E-state index contributed by atoms with van der Waals surface area (Å²) >= 11 is 0. The quantitative estimate of drug-likeness (QED) is 0.353. The normalized spacial score (nSPS) is 12.0. The van der Waals surface area contributed by atoms with Crippen LogP contribution in [0.25, 0.3) is 0 Å². The van der Waals surface area contributed by atoms with Crippen LogP contribution in [0.15, 0.2) is 5.16 Å². The molecular formula is C7H15NO. The summed E-state index contributed by atoms with van der Waals surface area (Å²) in [6, 6.07) is 0. The van der Waals surface area contributed by atoms with Crippen molar-refractivity contribution in [3.8, 4) is 0 Å². The minimum absolute atomic E-state index is 0.872. The molecule has 0 amide bonds. The average Bonchev–Trinajstić information content (AvgIpc) is 1.91. The molecule has 0 aliphatic carbocycles. The molecule has 0 aliphatic rings. The molecule has 0 aliphatic heterocycles. The molecule has 0 radical (unpaired) electrons. The molecule has 0 bridgehead atoms. The Balaban J connectivity index is 3.33. The van der Waals surface area contributed by atoms with Gasteiger partial charge in [-0.3, -0.25) is 0 Å². The molecule has 0 atom stereocenters. The van der Waals surface area contributed by atoms with Crippen LogP contribution in [-0.4, -0.2) is 10.9 Å². The van der Waals surface area contributed by atoms with Gasteiger partial charge in [-0.25, -0.2) is 0 Å². The highest BCUT2D eigenvalue weighted by Crippen LogP contribution is 1.99. The van der Waals surface area contributed by atoms with Crippen molar-refractivity contribution in [3.63, 3.8) is 0 Å². The number of rotatable bonds is 4. The number of hydrogen-bond acceptors (Lipinski definition) is 2. The maximum absolute atomic E-state index is 8.34. The van der Waals surface area contributed by atoms with E-state index in [1.54, 1.807) is 0 Å². The highest BCUT2D eigenvalue weighted by atomic mass is 16.4. The van der Waals surface area contributed by atoms with Gasteiger partial charge in [0.2, 0.25) is 0 Å². The van der Waals surface area contributed by atoms with Crippen LogP contribution in [0.4, 0.5) is 0 Å². The summed E-state index contributed by atoms with van der Waals surface area (Å²) in [5, 5.41) is 11.5. The molecule has 0 saturated carbocycles. The van der Waals surface area contributed by atoms with Crippen molar-refractivity contribution in [2.75, 3.05) is 0 Å². The molecule has 0 unspecified atom stereocenters. The smallest absolute Gasteiger partial charge is 0.0568 e. The van der Waals surface area contributed by atoms with Crippen LogP contribution in [-0.2, 0) is 0 Å². The maximum atomic E-state index is 8.34. The van der Waals surface area contributed by atoms with E-state index in [1.807, 2.05) is 6.92 Å². The van der Waals surface area contributed by atoms with E-state index in [0.717, 1.165) is 25.0 Å². The second-order valence-corrected chi connectivity index (χ2v) is 2.12. The third kappa shape index (κ3) is 4.01. The van der Waals surface area contributed by atoms with Gasteiger partial charge in [-0.15, -0.1) is 0 Å². The average molecular weight is 129 g/mol. The van der Waals surface area contributed by atoms with Gasteiger partial charge < -0.3 is 5.21 Å². The largest absolute Gasteiger partial charge is 0.411 e. The molecule has 2 nitrogen and oxygen atoms in total. The summed E-state index contributed by atoms with van der Waals surface area (Å²) < 4.78 is 0. The van der Waals surface area contributed by atoms with Crippen LogP contribution in [0.1, 0.15) is 39.5 Å². The predicted molar refractivity (Wildman–Crippen MR) is 39.0 cm³/mol. The van der Waals surface area contributed by atoms with E-state index in [2.05, 4.69) is 12.1 Å². The molecule has 54 valence electrons. The van der Waals surface area contributed by atoms with Crippen molar-refractivity contribution in [2.45, 2.75) is 39.5 Å². The van der Waals surface area contributed by atoms with Gasteiger partial charge in [-0.2, -0.15) is 0 Å². The molecule has 0 aromatic heterocycles. The summed E-state index contributed by atoms with van der Waals surface area (Å²) in [7, 11) is 0. The Morgan fingerprint density at radius 3 is 2.44 bits per heavy atom. The molecule has 0 saturated heterocycles. The molecule has 9 heavy (non-hydrogen) atoms. The van der Waals surface area contributed by atoms with Gasteiger partial charge in [0.15, 0.2) is 0 Å². The molecule has 0 spiro atoms. The Bertz CT molecular complexity index is 88.9. The molecule has 0 aromatic carbocycles. The zero-order valence-corrected chi connectivity index (χ0v) is 6.22. The summed E-state index contributed by atoms with van der Waals surface area (Å²) in [6.45, 7) is 4.13. The molecular weight excluding hydrogens is 114 g/mol. The fourth-order valence-electron chi connectivity index (χ4n) is 0.678. The predicted octanol–water partition coefficient (Wildman–Crippen LogP) is 2.42. The van der Waals surface area contributed by atoms with Crippen LogP contribution in [0.5, 0.6) is 0 Å².